The third kappa shape index (κ3) is 4.31. The molecule has 8 heteroatoms. The largest absolute Gasteiger partial charge is 0.334 e. The summed E-state index contributed by atoms with van der Waals surface area (Å²) in [5.74, 6) is 1.09. The minimum Gasteiger partial charge on any atom is -0.334 e. The number of aryl methyl sites for hydroxylation is 1. The molecule has 2 aromatic rings. The van der Waals surface area contributed by atoms with Crippen molar-refractivity contribution in [1.29, 1.82) is 0 Å². The summed E-state index contributed by atoms with van der Waals surface area (Å²) in [7, 11) is -3.40. The molecular weight excluding hydrogens is 404 g/mol. The average molecular weight is 427 g/mol. The van der Waals surface area contributed by atoms with Gasteiger partial charge < -0.3 is 4.57 Å². The first-order chi connectivity index (χ1) is 12.0. The summed E-state index contributed by atoms with van der Waals surface area (Å²) >= 11 is 3.34. The molecule has 0 unspecified atom stereocenters. The SMILES string of the molecule is CCc1nccn1CCN1CCN(S(=O)(=O)c2ccc(Br)cc2)CC1. The van der Waals surface area contributed by atoms with Crippen molar-refractivity contribution in [3.63, 3.8) is 0 Å². The lowest BCUT2D eigenvalue weighted by Crippen LogP contribution is -2.49. The van der Waals surface area contributed by atoms with E-state index in [1.54, 1.807) is 28.6 Å². The number of imidazole rings is 1. The molecule has 136 valence electrons. The second kappa shape index (κ2) is 7.99. The van der Waals surface area contributed by atoms with Crippen LogP contribution in [0.5, 0.6) is 0 Å². The van der Waals surface area contributed by atoms with Crippen LogP contribution in [0.25, 0.3) is 0 Å². The first kappa shape index (κ1) is 18.6. The van der Waals surface area contributed by atoms with Crippen LogP contribution in [0.4, 0.5) is 0 Å². The van der Waals surface area contributed by atoms with E-state index in [-0.39, 0.29) is 0 Å². The lowest BCUT2D eigenvalue weighted by atomic mass is 10.3. The Bertz CT molecular complexity index is 796. The molecule has 0 radical (unpaired) electrons. The lowest BCUT2D eigenvalue weighted by Gasteiger charge is -2.34. The molecule has 1 aromatic carbocycles. The van der Waals surface area contributed by atoms with Crippen molar-refractivity contribution in [3.05, 3.63) is 47.0 Å². The average Bonchev–Trinajstić information content (AvgIpc) is 3.08. The molecular formula is C17H23BrN4O2S. The fourth-order valence-corrected chi connectivity index (χ4v) is 4.74. The molecule has 1 aliphatic heterocycles. The molecule has 0 amide bonds. The summed E-state index contributed by atoms with van der Waals surface area (Å²) in [4.78, 5) is 7.01. The molecule has 0 saturated carbocycles. The highest BCUT2D eigenvalue weighted by atomic mass is 79.9. The molecule has 6 nitrogen and oxygen atoms in total. The van der Waals surface area contributed by atoms with E-state index >= 15 is 0 Å². The summed E-state index contributed by atoms with van der Waals surface area (Å²) in [6.07, 6.45) is 4.76. The van der Waals surface area contributed by atoms with Gasteiger partial charge in [0.05, 0.1) is 4.90 Å². The van der Waals surface area contributed by atoms with E-state index in [4.69, 9.17) is 0 Å². The quantitative estimate of drug-likeness (QED) is 0.710. The number of aromatic nitrogens is 2. The monoisotopic (exact) mass is 426 g/mol. The van der Waals surface area contributed by atoms with E-state index in [1.165, 1.54) is 0 Å². The summed E-state index contributed by atoms with van der Waals surface area (Å²) < 4.78 is 30.1. The van der Waals surface area contributed by atoms with Crippen LogP contribution < -0.4 is 0 Å². The molecule has 3 rings (SSSR count). The van der Waals surface area contributed by atoms with Gasteiger partial charge in [0.25, 0.3) is 0 Å². The van der Waals surface area contributed by atoms with Crippen LogP contribution in [0.2, 0.25) is 0 Å². The Morgan fingerprint density at radius 3 is 2.40 bits per heavy atom. The molecule has 1 saturated heterocycles. The Hall–Kier alpha value is -1.22. The lowest BCUT2D eigenvalue weighted by molar-refractivity contribution is 0.182. The van der Waals surface area contributed by atoms with Gasteiger partial charge in [-0.2, -0.15) is 4.31 Å². The normalized spacial score (nSPS) is 17.0. The van der Waals surface area contributed by atoms with Crippen LogP contribution in [0, 0.1) is 0 Å². The number of hydrogen-bond acceptors (Lipinski definition) is 4. The standard InChI is InChI=1S/C17H23BrN4O2S/c1-2-17-19-7-8-21(17)12-9-20-10-13-22(14-11-20)25(23,24)16-5-3-15(18)4-6-16/h3-8H,2,9-14H2,1H3. The van der Waals surface area contributed by atoms with Crippen LogP contribution in [-0.4, -0.2) is 59.9 Å². The van der Waals surface area contributed by atoms with E-state index in [1.807, 2.05) is 12.4 Å². The highest BCUT2D eigenvalue weighted by molar-refractivity contribution is 9.10. The number of hydrogen-bond donors (Lipinski definition) is 0. The Morgan fingerprint density at radius 1 is 1.08 bits per heavy atom. The van der Waals surface area contributed by atoms with Gasteiger partial charge >= 0.3 is 0 Å². The number of rotatable bonds is 6. The van der Waals surface area contributed by atoms with E-state index in [9.17, 15) is 8.42 Å². The van der Waals surface area contributed by atoms with Crippen molar-refractivity contribution in [2.75, 3.05) is 32.7 Å². The molecule has 0 atom stereocenters. The molecule has 0 aliphatic carbocycles. The van der Waals surface area contributed by atoms with Gasteiger partial charge in [-0.1, -0.05) is 22.9 Å². The van der Waals surface area contributed by atoms with Gasteiger partial charge in [-0.25, -0.2) is 13.4 Å². The first-order valence-corrected chi connectivity index (χ1v) is 10.7. The molecule has 25 heavy (non-hydrogen) atoms. The third-order valence-electron chi connectivity index (χ3n) is 4.56. The van der Waals surface area contributed by atoms with Crippen molar-refractivity contribution in [2.45, 2.75) is 24.8 Å². The Morgan fingerprint density at radius 2 is 1.76 bits per heavy atom. The molecule has 0 N–H and O–H groups in total. The van der Waals surface area contributed by atoms with Crippen molar-refractivity contribution in [2.24, 2.45) is 0 Å². The van der Waals surface area contributed by atoms with Crippen molar-refractivity contribution < 1.29 is 8.42 Å². The maximum absolute atomic E-state index is 12.7. The van der Waals surface area contributed by atoms with Crippen molar-refractivity contribution >= 4 is 26.0 Å². The molecule has 0 bridgehead atoms. The van der Waals surface area contributed by atoms with Gasteiger partial charge in [-0.3, -0.25) is 4.90 Å². The molecule has 0 spiro atoms. The smallest absolute Gasteiger partial charge is 0.243 e. The van der Waals surface area contributed by atoms with Crippen molar-refractivity contribution in [3.8, 4) is 0 Å². The Labute approximate surface area is 157 Å². The van der Waals surface area contributed by atoms with Gasteiger partial charge in [0, 0.05) is 62.6 Å². The fraction of sp³-hybridized carbons (Fsp3) is 0.471. The van der Waals surface area contributed by atoms with Crippen LogP contribution >= 0.6 is 15.9 Å². The Kier molecular flexibility index (Phi) is 5.93. The van der Waals surface area contributed by atoms with Gasteiger partial charge in [0.1, 0.15) is 5.82 Å². The van der Waals surface area contributed by atoms with Crippen LogP contribution in [0.1, 0.15) is 12.7 Å². The zero-order valence-corrected chi connectivity index (χ0v) is 16.7. The van der Waals surface area contributed by atoms with Gasteiger partial charge in [-0.05, 0) is 24.3 Å². The molecule has 2 heterocycles. The first-order valence-electron chi connectivity index (χ1n) is 8.49. The zero-order chi connectivity index (χ0) is 17.9. The van der Waals surface area contributed by atoms with E-state index in [0.717, 1.165) is 42.9 Å². The number of sulfonamides is 1. The zero-order valence-electron chi connectivity index (χ0n) is 14.3. The minimum atomic E-state index is -3.40. The predicted molar refractivity (Wildman–Crippen MR) is 101 cm³/mol. The third-order valence-corrected chi connectivity index (χ3v) is 7.00. The second-order valence-electron chi connectivity index (χ2n) is 6.09. The maximum Gasteiger partial charge on any atom is 0.243 e. The molecule has 1 aliphatic rings. The summed E-state index contributed by atoms with van der Waals surface area (Å²) in [6, 6.07) is 6.83. The van der Waals surface area contributed by atoms with E-state index < -0.39 is 10.0 Å². The van der Waals surface area contributed by atoms with Crippen LogP contribution in [0.3, 0.4) is 0 Å². The molecule has 1 aromatic heterocycles. The summed E-state index contributed by atoms with van der Waals surface area (Å²) in [6.45, 7) is 6.48. The van der Waals surface area contributed by atoms with Gasteiger partial charge in [0.2, 0.25) is 10.0 Å². The number of piperazine rings is 1. The van der Waals surface area contributed by atoms with Crippen LogP contribution in [-0.2, 0) is 23.0 Å². The van der Waals surface area contributed by atoms with E-state index in [2.05, 4.69) is 37.3 Å². The Balaban J connectivity index is 1.55. The van der Waals surface area contributed by atoms with Gasteiger partial charge in [-0.15, -0.1) is 0 Å². The second-order valence-corrected chi connectivity index (χ2v) is 8.94. The van der Waals surface area contributed by atoms with Crippen LogP contribution in [0.15, 0.2) is 46.0 Å². The molecule has 1 fully saturated rings. The predicted octanol–water partition coefficient (Wildman–Crippen LogP) is 2.21. The maximum atomic E-state index is 12.7. The van der Waals surface area contributed by atoms with Crippen molar-refractivity contribution in [1.82, 2.24) is 18.8 Å². The van der Waals surface area contributed by atoms with E-state index in [0.29, 0.717) is 18.0 Å². The van der Waals surface area contributed by atoms with Gasteiger partial charge in [0.15, 0.2) is 0 Å². The highest BCUT2D eigenvalue weighted by Crippen LogP contribution is 2.20. The topological polar surface area (TPSA) is 58.4 Å². The summed E-state index contributed by atoms with van der Waals surface area (Å²) in [5, 5.41) is 0. The number of nitrogens with zero attached hydrogens (tertiary/aromatic N) is 4. The number of halogens is 1. The fourth-order valence-electron chi connectivity index (χ4n) is 3.06. The highest BCUT2D eigenvalue weighted by Gasteiger charge is 2.28. The minimum absolute atomic E-state index is 0.357. The number of benzene rings is 1. The summed E-state index contributed by atoms with van der Waals surface area (Å²) in [5.41, 5.74) is 0.